The number of H-pyrrole nitrogens is 1. The van der Waals surface area contributed by atoms with Gasteiger partial charge < -0.3 is 4.98 Å². The maximum Gasteiger partial charge on any atom is 0.261 e. The van der Waals surface area contributed by atoms with Gasteiger partial charge in [0.25, 0.3) is 10.0 Å². The molecule has 140 valence electrons. The van der Waals surface area contributed by atoms with Crippen LogP contribution in [-0.2, 0) is 10.0 Å². The van der Waals surface area contributed by atoms with Crippen LogP contribution in [0.3, 0.4) is 0 Å². The van der Waals surface area contributed by atoms with Gasteiger partial charge in [-0.3, -0.25) is 4.72 Å². The number of aryl methyl sites for hydroxylation is 1. The van der Waals surface area contributed by atoms with Crippen molar-refractivity contribution in [3.63, 3.8) is 0 Å². The molecule has 3 aromatic carbocycles. The van der Waals surface area contributed by atoms with Crippen molar-refractivity contribution in [2.24, 2.45) is 0 Å². The zero-order valence-electron chi connectivity index (χ0n) is 15.3. The molecule has 0 radical (unpaired) electrons. The number of nitrogens with one attached hydrogen (secondary N) is 2. The second kappa shape index (κ2) is 7.32. The third-order valence-electron chi connectivity index (χ3n) is 4.34. The number of hydrogen-bond donors (Lipinski definition) is 2. The molecule has 0 bridgehead atoms. The molecule has 0 unspecified atom stereocenters. The second-order valence-corrected chi connectivity index (χ2v) is 8.20. The number of benzene rings is 3. The monoisotopic (exact) mass is 389 g/mol. The van der Waals surface area contributed by atoms with Gasteiger partial charge in [-0.2, -0.15) is 0 Å². The fraction of sp³-hybridized carbons (Fsp3) is 0.0455. The van der Waals surface area contributed by atoms with Gasteiger partial charge in [0.05, 0.1) is 15.9 Å². The average Bonchev–Trinajstić information content (AvgIpc) is 3.10. The van der Waals surface area contributed by atoms with Gasteiger partial charge in [0, 0.05) is 5.69 Å². The first kappa shape index (κ1) is 18.0. The predicted molar refractivity (Wildman–Crippen MR) is 113 cm³/mol. The van der Waals surface area contributed by atoms with Crippen LogP contribution in [0.2, 0.25) is 0 Å². The van der Waals surface area contributed by atoms with E-state index in [1.165, 1.54) is 0 Å². The van der Waals surface area contributed by atoms with Crippen molar-refractivity contribution in [3.05, 3.63) is 89.7 Å². The van der Waals surface area contributed by atoms with E-state index in [9.17, 15) is 8.42 Å². The minimum absolute atomic E-state index is 0.243. The molecule has 0 aliphatic heterocycles. The van der Waals surface area contributed by atoms with Crippen molar-refractivity contribution in [3.8, 4) is 0 Å². The Labute approximate surface area is 163 Å². The van der Waals surface area contributed by atoms with E-state index in [4.69, 9.17) is 0 Å². The standard InChI is InChI=1S/C22H19N3O2S/c1-16-6-13-19(14-7-16)28(26,27)25-18-11-8-17(9-12-18)10-15-22-23-20-4-2-3-5-21(20)24-22/h2-15,25H,1H3,(H,23,24). The molecule has 2 N–H and O–H groups in total. The lowest BCUT2D eigenvalue weighted by atomic mass is 10.2. The SMILES string of the molecule is Cc1ccc(S(=O)(=O)Nc2ccc(C=Cc3nc4ccccc4[nH]3)cc2)cc1. The van der Waals surface area contributed by atoms with Crippen LogP contribution in [0.5, 0.6) is 0 Å². The van der Waals surface area contributed by atoms with E-state index in [0.717, 1.165) is 28.0 Å². The number of aromatic amines is 1. The fourth-order valence-corrected chi connectivity index (χ4v) is 3.88. The quantitative estimate of drug-likeness (QED) is 0.513. The minimum Gasteiger partial charge on any atom is -0.338 e. The van der Waals surface area contributed by atoms with Crippen LogP contribution in [-0.4, -0.2) is 18.4 Å². The lowest BCUT2D eigenvalue weighted by Crippen LogP contribution is -2.12. The summed E-state index contributed by atoms with van der Waals surface area (Å²) >= 11 is 0. The molecule has 4 aromatic rings. The molecule has 0 atom stereocenters. The smallest absolute Gasteiger partial charge is 0.261 e. The highest BCUT2D eigenvalue weighted by molar-refractivity contribution is 7.92. The largest absolute Gasteiger partial charge is 0.338 e. The number of sulfonamides is 1. The molecule has 1 aromatic heterocycles. The van der Waals surface area contributed by atoms with Crippen LogP contribution in [0.25, 0.3) is 23.2 Å². The molecule has 0 aliphatic carbocycles. The maximum atomic E-state index is 12.5. The highest BCUT2D eigenvalue weighted by atomic mass is 32.2. The molecule has 0 spiro atoms. The van der Waals surface area contributed by atoms with Crippen LogP contribution in [0.1, 0.15) is 17.0 Å². The third-order valence-corrected chi connectivity index (χ3v) is 5.73. The summed E-state index contributed by atoms with van der Waals surface area (Å²) in [5, 5.41) is 0. The molecule has 4 rings (SSSR count). The van der Waals surface area contributed by atoms with Gasteiger partial charge in [0.1, 0.15) is 5.82 Å². The van der Waals surface area contributed by atoms with Crippen molar-refractivity contribution in [1.82, 2.24) is 9.97 Å². The van der Waals surface area contributed by atoms with Gasteiger partial charge in [0.2, 0.25) is 0 Å². The first-order valence-corrected chi connectivity index (χ1v) is 10.3. The van der Waals surface area contributed by atoms with E-state index in [0.29, 0.717) is 5.69 Å². The molecule has 0 fully saturated rings. The van der Waals surface area contributed by atoms with Crippen molar-refractivity contribution in [2.45, 2.75) is 11.8 Å². The number of fused-ring (bicyclic) bond motifs is 1. The van der Waals surface area contributed by atoms with Crippen molar-refractivity contribution < 1.29 is 8.42 Å². The third kappa shape index (κ3) is 3.97. The number of aromatic nitrogens is 2. The summed E-state index contributed by atoms with van der Waals surface area (Å²) in [7, 11) is -3.60. The van der Waals surface area contributed by atoms with Crippen molar-refractivity contribution in [1.29, 1.82) is 0 Å². The Balaban J connectivity index is 1.48. The summed E-state index contributed by atoms with van der Waals surface area (Å²) in [6.45, 7) is 1.92. The predicted octanol–water partition coefficient (Wildman–Crippen LogP) is 4.84. The molecule has 5 nitrogen and oxygen atoms in total. The Morgan fingerprint density at radius 2 is 1.61 bits per heavy atom. The summed E-state index contributed by atoms with van der Waals surface area (Å²) in [5.74, 6) is 0.769. The number of nitrogens with zero attached hydrogens (tertiary/aromatic N) is 1. The van der Waals surface area contributed by atoms with Gasteiger partial charge >= 0.3 is 0 Å². The van der Waals surface area contributed by atoms with E-state index in [2.05, 4.69) is 14.7 Å². The Hall–Kier alpha value is -3.38. The molecule has 0 saturated carbocycles. The average molecular weight is 389 g/mol. The Bertz CT molecular complexity index is 1210. The highest BCUT2D eigenvalue weighted by Crippen LogP contribution is 2.18. The summed E-state index contributed by atoms with van der Waals surface area (Å²) in [6, 6.07) is 21.8. The number of hydrogen-bond acceptors (Lipinski definition) is 3. The lowest BCUT2D eigenvalue weighted by molar-refractivity contribution is 0.601. The highest BCUT2D eigenvalue weighted by Gasteiger charge is 2.13. The summed E-state index contributed by atoms with van der Waals surface area (Å²) in [6.07, 6.45) is 3.82. The molecular weight excluding hydrogens is 370 g/mol. The van der Waals surface area contributed by atoms with E-state index in [-0.39, 0.29) is 4.90 Å². The Morgan fingerprint density at radius 3 is 2.32 bits per heavy atom. The van der Waals surface area contributed by atoms with E-state index < -0.39 is 10.0 Å². The van der Waals surface area contributed by atoms with Crippen LogP contribution in [0.15, 0.2) is 77.7 Å². The van der Waals surface area contributed by atoms with Crippen LogP contribution < -0.4 is 4.72 Å². The molecule has 28 heavy (non-hydrogen) atoms. The molecule has 0 amide bonds. The normalized spacial score (nSPS) is 11.9. The lowest BCUT2D eigenvalue weighted by Gasteiger charge is -2.08. The number of rotatable bonds is 5. The Morgan fingerprint density at radius 1 is 0.893 bits per heavy atom. The molecule has 1 heterocycles. The molecular formula is C22H19N3O2S. The number of anilines is 1. The van der Waals surface area contributed by atoms with Gasteiger partial charge in [-0.05, 0) is 55.0 Å². The molecule has 0 aliphatic rings. The fourth-order valence-electron chi connectivity index (χ4n) is 2.82. The van der Waals surface area contributed by atoms with Gasteiger partial charge in [-0.15, -0.1) is 0 Å². The van der Waals surface area contributed by atoms with Gasteiger partial charge in [-0.1, -0.05) is 48.0 Å². The van der Waals surface area contributed by atoms with Gasteiger partial charge in [0.15, 0.2) is 0 Å². The molecule has 0 saturated heterocycles. The van der Waals surface area contributed by atoms with E-state index >= 15 is 0 Å². The Kier molecular flexibility index (Phi) is 4.71. The summed E-state index contributed by atoms with van der Waals surface area (Å²) < 4.78 is 27.5. The van der Waals surface area contributed by atoms with Gasteiger partial charge in [-0.25, -0.2) is 13.4 Å². The topological polar surface area (TPSA) is 74.8 Å². The summed E-state index contributed by atoms with van der Waals surface area (Å²) in [4.78, 5) is 7.98. The zero-order chi connectivity index (χ0) is 19.6. The van der Waals surface area contributed by atoms with Crippen LogP contribution in [0, 0.1) is 6.92 Å². The first-order valence-electron chi connectivity index (χ1n) is 8.82. The van der Waals surface area contributed by atoms with Crippen LogP contribution >= 0.6 is 0 Å². The number of imidazole rings is 1. The number of para-hydroxylation sites is 2. The maximum absolute atomic E-state index is 12.5. The van der Waals surface area contributed by atoms with E-state index in [1.807, 2.05) is 55.5 Å². The summed E-state index contributed by atoms with van der Waals surface area (Å²) in [5.41, 5.74) is 4.38. The minimum atomic E-state index is -3.60. The first-order chi connectivity index (χ1) is 13.5. The van der Waals surface area contributed by atoms with E-state index in [1.54, 1.807) is 36.4 Å². The molecule has 6 heteroatoms. The zero-order valence-corrected chi connectivity index (χ0v) is 16.1. The second-order valence-electron chi connectivity index (χ2n) is 6.51. The van der Waals surface area contributed by atoms with Crippen molar-refractivity contribution in [2.75, 3.05) is 4.72 Å². The van der Waals surface area contributed by atoms with Crippen LogP contribution in [0.4, 0.5) is 5.69 Å². The van der Waals surface area contributed by atoms with Crippen molar-refractivity contribution >= 4 is 38.9 Å².